The Balaban J connectivity index is 1.52. The maximum absolute atomic E-state index is 12.1. The molecule has 1 spiro atoms. The van der Waals surface area contributed by atoms with Crippen LogP contribution in [0.4, 0.5) is 0 Å². The van der Waals surface area contributed by atoms with Crippen LogP contribution in [0.15, 0.2) is 30.3 Å². The number of hydrogen-bond acceptors (Lipinski definition) is 4. The van der Waals surface area contributed by atoms with Gasteiger partial charge in [0, 0.05) is 12.3 Å². The second-order valence-electron chi connectivity index (χ2n) is 5.80. The van der Waals surface area contributed by atoms with Crippen molar-refractivity contribution in [3.8, 4) is 0 Å². The largest absolute Gasteiger partial charge is 0.461 e. The Morgan fingerprint density at radius 2 is 1.95 bits per heavy atom. The minimum absolute atomic E-state index is 0.126. The molecule has 1 saturated carbocycles. The highest BCUT2D eigenvalue weighted by atomic mass is 16.7. The summed E-state index contributed by atoms with van der Waals surface area (Å²) in [6.45, 7) is 1.80. The van der Waals surface area contributed by atoms with E-state index in [0.717, 1.165) is 44.5 Å². The van der Waals surface area contributed by atoms with Crippen molar-refractivity contribution >= 4 is 5.97 Å². The maximum atomic E-state index is 12.1. The van der Waals surface area contributed by atoms with E-state index in [1.165, 1.54) is 0 Å². The minimum atomic E-state index is -0.524. The molecule has 1 heterocycles. The molecular weight excluding hydrogens is 268 g/mol. The summed E-state index contributed by atoms with van der Waals surface area (Å²) < 4.78 is 17.1. The summed E-state index contributed by atoms with van der Waals surface area (Å²) in [6.07, 6.45) is 4.24. The molecule has 0 N–H and O–H groups in total. The third kappa shape index (κ3) is 3.44. The molecule has 3 rings (SSSR count). The van der Waals surface area contributed by atoms with E-state index in [2.05, 4.69) is 0 Å². The van der Waals surface area contributed by atoms with E-state index in [4.69, 9.17) is 14.2 Å². The Labute approximate surface area is 125 Å². The van der Waals surface area contributed by atoms with Gasteiger partial charge in [-0.2, -0.15) is 0 Å². The van der Waals surface area contributed by atoms with Gasteiger partial charge in [-0.05, 0) is 24.8 Å². The van der Waals surface area contributed by atoms with Crippen LogP contribution in [0.1, 0.15) is 37.7 Å². The second kappa shape index (κ2) is 6.58. The van der Waals surface area contributed by atoms with Crippen LogP contribution in [0.3, 0.4) is 0 Å². The van der Waals surface area contributed by atoms with E-state index in [0.29, 0.717) is 13.0 Å². The maximum Gasteiger partial charge on any atom is 0.306 e. The molecule has 0 aromatic heterocycles. The standard InChI is InChI=1S/C17H22O4/c18-16(19-13-14-6-2-1-3-7-14)12-15-8-4-9-17(15)20-10-5-11-21-17/h1-3,6-7,15H,4-5,8-13H2. The van der Waals surface area contributed by atoms with Crippen LogP contribution in [-0.4, -0.2) is 25.0 Å². The topological polar surface area (TPSA) is 44.8 Å². The quantitative estimate of drug-likeness (QED) is 0.799. The number of benzene rings is 1. The van der Waals surface area contributed by atoms with E-state index in [-0.39, 0.29) is 11.9 Å². The van der Waals surface area contributed by atoms with E-state index in [1.807, 2.05) is 30.3 Å². The van der Waals surface area contributed by atoms with Crippen LogP contribution in [-0.2, 0) is 25.6 Å². The number of hydrogen-bond donors (Lipinski definition) is 0. The third-order valence-electron chi connectivity index (χ3n) is 4.34. The first-order valence-corrected chi connectivity index (χ1v) is 7.76. The minimum Gasteiger partial charge on any atom is -0.461 e. The number of esters is 1. The summed E-state index contributed by atoms with van der Waals surface area (Å²) in [7, 11) is 0. The average Bonchev–Trinajstić information content (AvgIpc) is 2.89. The molecule has 1 aliphatic carbocycles. The fourth-order valence-corrected chi connectivity index (χ4v) is 3.25. The van der Waals surface area contributed by atoms with Crippen LogP contribution in [0.5, 0.6) is 0 Å². The molecule has 114 valence electrons. The summed E-state index contributed by atoms with van der Waals surface area (Å²) in [6, 6.07) is 9.75. The summed E-state index contributed by atoms with van der Waals surface area (Å²) in [5.74, 6) is -0.562. The highest BCUT2D eigenvalue weighted by molar-refractivity contribution is 5.69. The predicted molar refractivity (Wildman–Crippen MR) is 77.4 cm³/mol. The van der Waals surface area contributed by atoms with E-state index >= 15 is 0 Å². The zero-order valence-corrected chi connectivity index (χ0v) is 12.3. The first-order valence-electron chi connectivity index (χ1n) is 7.76. The summed E-state index contributed by atoms with van der Waals surface area (Å²) >= 11 is 0. The zero-order valence-electron chi connectivity index (χ0n) is 12.3. The SMILES string of the molecule is O=C(CC1CCCC12OCCCO2)OCc1ccccc1. The van der Waals surface area contributed by atoms with Crippen LogP contribution in [0.25, 0.3) is 0 Å². The molecule has 21 heavy (non-hydrogen) atoms. The number of ether oxygens (including phenoxy) is 3. The van der Waals surface area contributed by atoms with Crippen molar-refractivity contribution in [1.29, 1.82) is 0 Å². The summed E-state index contributed by atoms with van der Waals surface area (Å²) in [5.41, 5.74) is 1.01. The van der Waals surface area contributed by atoms with Crippen LogP contribution in [0, 0.1) is 5.92 Å². The summed E-state index contributed by atoms with van der Waals surface area (Å²) in [4.78, 5) is 12.1. The molecule has 4 nitrogen and oxygen atoms in total. The molecule has 1 unspecified atom stereocenters. The Morgan fingerprint density at radius 1 is 1.19 bits per heavy atom. The molecule has 1 aliphatic heterocycles. The summed E-state index contributed by atoms with van der Waals surface area (Å²) in [5, 5.41) is 0. The first kappa shape index (κ1) is 14.5. The molecule has 1 atom stereocenters. The van der Waals surface area contributed by atoms with Crippen molar-refractivity contribution in [2.45, 2.75) is 44.5 Å². The fourth-order valence-electron chi connectivity index (χ4n) is 3.25. The van der Waals surface area contributed by atoms with Crippen molar-refractivity contribution in [3.63, 3.8) is 0 Å². The van der Waals surface area contributed by atoms with E-state index < -0.39 is 5.79 Å². The highest BCUT2D eigenvalue weighted by Crippen LogP contribution is 2.43. The molecule has 0 amide bonds. The van der Waals surface area contributed by atoms with Crippen molar-refractivity contribution in [2.75, 3.05) is 13.2 Å². The van der Waals surface area contributed by atoms with Gasteiger partial charge in [-0.3, -0.25) is 4.79 Å². The molecule has 0 bridgehead atoms. The number of carbonyl (C=O) groups is 1. The molecule has 0 radical (unpaired) electrons. The Bertz CT molecular complexity index is 465. The predicted octanol–water partition coefficient (Wildman–Crippen LogP) is 3.05. The van der Waals surface area contributed by atoms with Gasteiger partial charge in [0.1, 0.15) is 6.61 Å². The third-order valence-corrected chi connectivity index (χ3v) is 4.34. The lowest BCUT2D eigenvalue weighted by atomic mass is 9.97. The van der Waals surface area contributed by atoms with Gasteiger partial charge >= 0.3 is 5.97 Å². The van der Waals surface area contributed by atoms with Crippen LogP contribution < -0.4 is 0 Å². The average molecular weight is 290 g/mol. The van der Waals surface area contributed by atoms with E-state index in [9.17, 15) is 4.79 Å². The van der Waals surface area contributed by atoms with Gasteiger partial charge in [0.2, 0.25) is 0 Å². The monoisotopic (exact) mass is 290 g/mol. The molecule has 2 fully saturated rings. The molecular formula is C17H22O4. The Kier molecular flexibility index (Phi) is 4.56. The second-order valence-corrected chi connectivity index (χ2v) is 5.80. The van der Waals surface area contributed by atoms with Crippen molar-refractivity contribution < 1.29 is 19.0 Å². The van der Waals surface area contributed by atoms with Gasteiger partial charge in [0.15, 0.2) is 5.79 Å². The zero-order chi connectivity index (χ0) is 14.5. The van der Waals surface area contributed by atoms with Gasteiger partial charge < -0.3 is 14.2 Å². The van der Waals surface area contributed by atoms with Gasteiger partial charge in [0.05, 0.1) is 19.6 Å². The van der Waals surface area contributed by atoms with Crippen LogP contribution >= 0.6 is 0 Å². The van der Waals surface area contributed by atoms with Crippen molar-refractivity contribution in [1.82, 2.24) is 0 Å². The van der Waals surface area contributed by atoms with E-state index in [1.54, 1.807) is 0 Å². The lowest BCUT2D eigenvalue weighted by Gasteiger charge is -2.38. The highest BCUT2D eigenvalue weighted by Gasteiger charge is 2.47. The number of rotatable bonds is 4. The fraction of sp³-hybridized carbons (Fsp3) is 0.588. The number of carbonyl (C=O) groups excluding carboxylic acids is 1. The Morgan fingerprint density at radius 3 is 2.71 bits per heavy atom. The lowest BCUT2D eigenvalue weighted by molar-refractivity contribution is -0.284. The smallest absolute Gasteiger partial charge is 0.306 e. The van der Waals surface area contributed by atoms with Crippen molar-refractivity contribution in [3.05, 3.63) is 35.9 Å². The Hall–Kier alpha value is -1.39. The van der Waals surface area contributed by atoms with Gasteiger partial charge in [-0.1, -0.05) is 30.3 Å². The first-order chi connectivity index (χ1) is 10.3. The molecule has 2 aliphatic rings. The normalized spacial score (nSPS) is 24.1. The van der Waals surface area contributed by atoms with Crippen molar-refractivity contribution in [2.24, 2.45) is 5.92 Å². The van der Waals surface area contributed by atoms with Crippen LogP contribution in [0.2, 0.25) is 0 Å². The molecule has 4 heteroatoms. The lowest BCUT2D eigenvalue weighted by Crippen LogP contribution is -2.44. The van der Waals surface area contributed by atoms with Gasteiger partial charge in [0.25, 0.3) is 0 Å². The molecule has 1 saturated heterocycles. The molecule has 1 aromatic rings. The van der Waals surface area contributed by atoms with Gasteiger partial charge in [-0.25, -0.2) is 0 Å². The van der Waals surface area contributed by atoms with Gasteiger partial charge in [-0.15, -0.1) is 0 Å². The molecule has 1 aromatic carbocycles.